The third kappa shape index (κ3) is 4.60. The van der Waals surface area contributed by atoms with Crippen molar-refractivity contribution in [3.8, 4) is 0 Å². The van der Waals surface area contributed by atoms with Crippen LogP contribution in [0.25, 0.3) is 10.2 Å². The molecule has 168 valence electrons. The van der Waals surface area contributed by atoms with Crippen molar-refractivity contribution in [2.75, 3.05) is 7.11 Å². The number of non-ortho nitro benzene ring substituents is 1. The van der Waals surface area contributed by atoms with Crippen LogP contribution in [0.5, 0.6) is 0 Å². The third-order valence-corrected chi connectivity index (χ3v) is 7.87. The first-order valence-corrected chi connectivity index (χ1v) is 11.7. The Bertz CT molecular complexity index is 1380. The minimum Gasteiger partial charge on any atom is -0.468 e. The molecule has 0 N–H and O–H groups in total. The lowest BCUT2D eigenvalue weighted by atomic mass is 10.2. The molecule has 0 unspecified atom stereocenters. The molecule has 1 amide bonds. The van der Waals surface area contributed by atoms with Gasteiger partial charge >= 0.3 is 5.97 Å². The van der Waals surface area contributed by atoms with Crippen molar-refractivity contribution in [1.29, 1.82) is 0 Å². The van der Waals surface area contributed by atoms with Gasteiger partial charge in [-0.1, -0.05) is 11.3 Å². The Balaban J connectivity index is 2.08. The molecule has 0 fully saturated rings. The normalized spacial score (nSPS) is 12.3. The molecule has 0 saturated heterocycles. The van der Waals surface area contributed by atoms with E-state index < -0.39 is 31.9 Å². The van der Waals surface area contributed by atoms with Gasteiger partial charge in [-0.3, -0.25) is 19.7 Å². The van der Waals surface area contributed by atoms with Crippen LogP contribution in [-0.4, -0.2) is 42.1 Å². The van der Waals surface area contributed by atoms with Gasteiger partial charge < -0.3 is 9.30 Å². The highest BCUT2D eigenvalue weighted by Gasteiger charge is 2.20. The molecule has 1 aromatic heterocycles. The smallest absolute Gasteiger partial charge is 0.325 e. The second kappa shape index (κ2) is 9.01. The Hall–Kier alpha value is -3.38. The summed E-state index contributed by atoms with van der Waals surface area (Å²) < 4.78 is 31.1. The number of carbonyl (C=O) groups is 2. The Morgan fingerprint density at radius 2 is 1.84 bits per heavy atom. The summed E-state index contributed by atoms with van der Waals surface area (Å²) in [6, 6.07) is 9.54. The molecule has 0 aliphatic rings. The topological polar surface area (TPSA) is 138 Å². The molecule has 3 rings (SSSR count). The average molecular weight is 478 g/mol. The van der Waals surface area contributed by atoms with E-state index in [4.69, 9.17) is 0 Å². The van der Waals surface area contributed by atoms with Gasteiger partial charge in [-0.05, 0) is 44.2 Å². The maximum Gasteiger partial charge on any atom is 0.325 e. The second-order valence-corrected chi connectivity index (χ2v) is 10.5. The van der Waals surface area contributed by atoms with Crippen LogP contribution in [0.1, 0.15) is 24.2 Å². The van der Waals surface area contributed by atoms with Gasteiger partial charge in [0.2, 0.25) is 0 Å². The van der Waals surface area contributed by atoms with E-state index in [1.807, 2.05) is 0 Å². The summed E-state index contributed by atoms with van der Waals surface area (Å²) in [5, 5.41) is 10.5. The number of nitrogens with zero attached hydrogens (tertiary/aromatic N) is 3. The zero-order valence-corrected chi connectivity index (χ0v) is 19.0. The van der Waals surface area contributed by atoms with E-state index in [1.165, 1.54) is 54.1 Å². The Morgan fingerprint density at radius 1 is 1.19 bits per heavy atom. The van der Waals surface area contributed by atoms with Gasteiger partial charge in [0.05, 0.1) is 32.4 Å². The lowest BCUT2D eigenvalue weighted by molar-refractivity contribution is -0.384. The highest BCUT2D eigenvalue weighted by molar-refractivity contribution is 7.92. The third-order valence-electron chi connectivity index (χ3n) is 4.64. The number of nitro groups is 1. The van der Waals surface area contributed by atoms with Gasteiger partial charge in [-0.25, -0.2) is 8.42 Å². The van der Waals surface area contributed by atoms with E-state index in [9.17, 15) is 28.1 Å². The highest BCUT2D eigenvalue weighted by Crippen LogP contribution is 2.23. The van der Waals surface area contributed by atoms with E-state index >= 15 is 0 Å². The summed E-state index contributed by atoms with van der Waals surface area (Å²) in [5.41, 5.74) is 0.342. The van der Waals surface area contributed by atoms with E-state index in [-0.39, 0.29) is 27.5 Å². The molecule has 10 nitrogen and oxygen atoms in total. The summed E-state index contributed by atoms with van der Waals surface area (Å²) >= 11 is 1.08. The van der Waals surface area contributed by atoms with Crippen molar-refractivity contribution in [3.63, 3.8) is 0 Å². The fraction of sp³-hybridized carbons (Fsp3) is 0.250. The molecular weight excluding hydrogens is 458 g/mol. The maximum atomic E-state index is 12.7. The molecule has 1 heterocycles. The molecule has 3 aromatic rings. The summed E-state index contributed by atoms with van der Waals surface area (Å²) in [7, 11) is -2.28. The van der Waals surface area contributed by atoms with Gasteiger partial charge in [-0.2, -0.15) is 4.99 Å². The zero-order chi connectivity index (χ0) is 23.6. The van der Waals surface area contributed by atoms with Crippen molar-refractivity contribution >= 4 is 49.0 Å². The molecule has 0 atom stereocenters. The number of rotatable bonds is 6. The van der Waals surface area contributed by atoms with Crippen LogP contribution in [0.4, 0.5) is 5.69 Å². The summed E-state index contributed by atoms with van der Waals surface area (Å²) in [6.07, 6.45) is 0. The number of thiazole rings is 1. The number of nitro benzene ring substituents is 1. The molecule has 0 radical (unpaired) electrons. The van der Waals surface area contributed by atoms with Crippen LogP contribution in [0.2, 0.25) is 0 Å². The SMILES string of the molecule is COC(=O)Cn1c(=NC(=O)c2ccc(S(=O)(=O)C(C)C)cc2)sc2ccc([N+](=O)[O-])cc21. The van der Waals surface area contributed by atoms with Crippen LogP contribution < -0.4 is 4.80 Å². The van der Waals surface area contributed by atoms with Crippen LogP contribution in [0, 0.1) is 10.1 Å². The lowest BCUT2D eigenvalue weighted by Gasteiger charge is -2.07. The summed E-state index contributed by atoms with van der Waals surface area (Å²) in [5.74, 6) is -1.27. The number of esters is 1. The number of ether oxygens (including phenoxy) is 1. The van der Waals surface area contributed by atoms with Crippen molar-refractivity contribution in [2.45, 2.75) is 30.5 Å². The average Bonchev–Trinajstić information content (AvgIpc) is 3.09. The van der Waals surface area contributed by atoms with Crippen LogP contribution in [-0.2, 0) is 25.9 Å². The van der Waals surface area contributed by atoms with Crippen LogP contribution >= 0.6 is 11.3 Å². The predicted octanol–water partition coefficient (Wildman–Crippen LogP) is 2.71. The Kier molecular flexibility index (Phi) is 6.55. The Labute approximate surface area is 186 Å². The number of hydrogen-bond donors (Lipinski definition) is 0. The van der Waals surface area contributed by atoms with Gasteiger partial charge in [0.15, 0.2) is 14.6 Å². The van der Waals surface area contributed by atoms with Crippen LogP contribution in [0.15, 0.2) is 52.4 Å². The quantitative estimate of drug-likeness (QED) is 0.302. The molecule has 0 spiro atoms. The standard InChI is InChI=1S/C20H19N3O7S2/c1-12(2)32(28,29)15-7-4-13(5-8-15)19(25)21-20-22(11-18(24)30-3)16-10-14(23(26)27)6-9-17(16)31-20/h4-10,12H,11H2,1-3H3. The first-order chi connectivity index (χ1) is 15.0. The molecule has 0 aliphatic heterocycles. The van der Waals surface area contributed by atoms with E-state index in [2.05, 4.69) is 9.73 Å². The molecule has 0 bridgehead atoms. The Morgan fingerprint density at radius 3 is 2.41 bits per heavy atom. The first kappa shape index (κ1) is 23.3. The number of carbonyl (C=O) groups excluding carboxylic acids is 2. The molecule has 2 aromatic carbocycles. The number of fused-ring (bicyclic) bond motifs is 1. The van der Waals surface area contributed by atoms with Crippen molar-refractivity contribution < 1.29 is 27.7 Å². The molecular formula is C20H19N3O7S2. The van der Waals surface area contributed by atoms with Crippen molar-refractivity contribution in [2.24, 2.45) is 4.99 Å². The van der Waals surface area contributed by atoms with Gasteiger partial charge in [0.1, 0.15) is 6.54 Å². The van der Waals surface area contributed by atoms with Crippen LogP contribution in [0.3, 0.4) is 0 Å². The molecule has 12 heteroatoms. The number of hydrogen-bond acceptors (Lipinski definition) is 8. The molecule has 32 heavy (non-hydrogen) atoms. The molecule has 0 saturated carbocycles. The second-order valence-electron chi connectivity index (χ2n) is 6.99. The number of methoxy groups -OCH3 is 1. The lowest BCUT2D eigenvalue weighted by Crippen LogP contribution is -2.22. The fourth-order valence-corrected chi connectivity index (χ4v) is 4.88. The number of amides is 1. The highest BCUT2D eigenvalue weighted by atomic mass is 32.2. The predicted molar refractivity (Wildman–Crippen MR) is 117 cm³/mol. The van der Waals surface area contributed by atoms with Crippen molar-refractivity contribution in [1.82, 2.24) is 4.57 Å². The van der Waals surface area contributed by atoms with Gasteiger partial charge in [0.25, 0.3) is 11.6 Å². The van der Waals surface area contributed by atoms with E-state index in [0.717, 1.165) is 11.3 Å². The molecule has 0 aliphatic carbocycles. The largest absolute Gasteiger partial charge is 0.468 e. The minimum atomic E-state index is -3.48. The first-order valence-electron chi connectivity index (χ1n) is 9.32. The number of sulfone groups is 1. The minimum absolute atomic E-state index is 0.0963. The fourth-order valence-electron chi connectivity index (χ4n) is 2.81. The number of aromatic nitrogens is 1. The maximum absolute atomic E-state index is 12.7. The van der Waals surface area contributed by atoms with Gasteiger partial charge in [0, 0.05) is 17.7 Å². The van der Waals surface area contributed by atoms with Crippen molar-refractivity contribution in [3.05, 3.63) is 62.9 Å². The summed E-state index contributed by atoms with van der Waals surface area (Å²) in [6.45, 7) is 2.83. The van der Waals surface area contributed by atoms with E-state index in [0.29, 0.717) is 10.2 Å². The van der Waals surface area contributed by atoms with Gasteiger partial charge in [-0.15, -0.1) is 0 Å². The monoisotopic (exact) mass is 477 g/mol. The zero-order valence-electron chi connectivity index (χ0n) is 17.3. The summed E-state index contributed by atoms with van der Waals surface area (Å²) in [4.78, 5) is 39.5. The number of benzene rings is 2. The van der Waals surface area contributed by atoms with E-state index in [1.54, 1.807) is 13.8 Å².